The second kappa shape index (κ2) is 5.53. The molecule has 5 nitrogen and oxygen atoms in total. The average Bonchev–Trinajstić information content (AvgIpc) is 3.02. The molecule has 1 aromatic carbocycles. The summed E-state index contributed by atoms with van der Waals surface area (Å²) in [4.78, 5) is 13.6. The van der Waals surface area contributed by atoms with Gasteiger partial charge in [0, 0.05) is 18.5 Å². The summed E-state index contributed by atoms with van der Waals surface area (Å²) < 4.78 is 7.34. The van der Waals surface area contributed by atoms with E-state index in [-0.39, 0.29) is 0 Å². The Morgan fingerprint density at radius 1 is 0.913 bits per heavy atom. The van der Waals surface area contributed by atoms with Crippen molar-refractivity contribution in [1.29, 1.82) is 0 Å². The van der Waals surface area contributed by atoms with E-state index >= 15 is 0 Å². The summed E-state index contributed by atoms with van der Waals surface area (Å²) >= 11 is 0. The van der Waals surface area contributed by atoms with E-state index in [1.165, 1.54) is 0 Å². The van der Waals surface area contributed by atoms with Gasteiger partial charge in [-0.15, -0.1) is 0 Å². The normalized spacial score (nSPS) is 10.8. The highest BCUT2D eigenvalue weighted by molar-refractivity contribution is 5.79. The topological polar surface area (TPSA) is 52.8 Å². The predicted molar refractivity (Wildman–Crippen MR) is 88.6 cm³/mol. The molecule has 0 aliphatic heterocycles. The Kier molecular flexibility index (Phi) is 3.24. The number of nitrogens with zero attached hydrogens (tertiary/aromatic N) is 4. The van der Waals surface area contributed by atoms with Gasteiger partial charge < -0.3 is 4.74 Å². The number of rotatable bonds is 3. The van der Waals surface area contributed by atoms with Crippen molar-refractivity contribution in [2.45, 2.75) is 0 Å². The maximum absolute atomic E-state index is 5.34. The van der Waals surface area contributed by atoms with Gasteiger partial charge in [-0.1, -0.05) is 12.1 Å². The van der Waals surface area contributed by atoms with E-state index < -0.39 is 0 Å². The van der Waals surface area contributed by atoms with Crippen LogP contribution in [0.3, 0.4) is 0 Å². The van der Waals surface area contributed by atoms with Gasteiger partial charge in [-0.05, 0) is 36.4 Å². The van der Waals surface area contributed by atoms with Crippen molar-refractivity contribution in [3.63, 3.8) is 0 Å². The summed E-state index contributed by atoms with van der Waals surface area (Å²) in [5.41, 5.74) is 3.36. The second-order valence-electron chi connectivity index (χ2n) is 5.03. The monoisotopic (exact) mass is 302 g/mol. The van der Waals surface area contributed by atoms with E-state index in [1.807, 2.05) is 59.2 Å². The third-order valence-electron chi connectivity index (χ3n) is 3.62. The number of hydrogen-bond donors (Lipinski definition) is 0. The minimum atomic E-state index is 0.757. The van der Waals surface area contributed by atoms with Crippen LogP contribution in [-0.4, -0.2) is 26.6 Å². The Morgan fingerprint density at radius 2 is 1.83 bits per heavy atom. The summed E-state index contributed by atoms with van der Waals surface area (Å²) in [6.45, 7) is 0. The highest BCUT2D eigenvalue weighted by Crippen LogP contribution is 2.27. The third kappa shape index (κ3) is 2.32. The molecule has 112 valence electrons. The Balaban J connectivity index is 2.03. The minimum Gasteiger partial charge on any atom is -0.497 e. The van der Waals surface area contributed by atoms with Gasteiger partial charge in [0.05, 0.1) is 12.8 Å². The molecule has 0 radical (unpaired) electrons. The third-order valence-corrected chi connectivity index (χ3v) is 3.62. The van der Waals surface area contributed by atoms with Crippen LogP contribution in [0.2, 0.25) is 0 Å². The van der Waals surface area contributed by atoms with Gasteiger partial charge in [-0.3, -0.25) is 9.55 Å². The molecule has 0 fully saturated rings. The average molecular weight is 302 g/mol. The Bertz CT molecular complexity index is 963. The molecule has 0 unspecified atom stereocenters. The van der Waals surface area contributed by atoms with E-state index in [2.05, 4.69) is 9.97 Å². The molecule has 0 saturated heterocycles. The number of fused-ring (bicyclic) bond motifs is 1. The smallest absolute Gasteiger partial charge is 0.165 e. The molecule has 0 spiro atoms. The van der Waals surface area contributed by atoms with Crippen LogP contribution < -0.4 is 4.74 Å². The molecule has 0 amide bonds. The number of imidazole rings is 1. The molecule has 0 aliphatic rings. The molecule has 5 heteroatoms. The van der Waals surface area contributed by atoms with Crippen LogP contribution in [0.25, 0.3) is 28.4 Å². The van der Waals surface area contributed by atoms with Gasteiger partial charge in [0.25, 0.3) is 0 Å². The molecule has 4 rings (SSSR count). The fourth-order valence-electron chi connectivity index (χ4n) is 2.57. The van der Waals surface area contributed by atoms with E-state index in [9.17, 15) is 0 Å². The minimum absolute atomic E-state index is 0.757. The molecule has 3 heterocycles. The van der Waals surface area contributed by atoms with Crippen LogP contribution in [-0.2, 0) is 0 Å². The molecule has 0 saturated carbocycles. The van der Waals surface area contributed by atoms with Gasteiger partial charge in [0.2, 0.25) is 0 Å². The van der Waals surface area contributed by atoms with Crippen LogP contribution in [0.4, 0.5) is 0 Å². The number of aromatic nitrogens is 4. The zero-order chi connectivity index (χ0) is 15.6. The number of pyridine rings is 2. The van der Waals surface area contributed by atoms with E-state index in [4.69, 9.17) is 9.72 Å². The zero-order valence-electron chi connectivity index (χ0n) is 12.5. The van der Waals surface area contributed by atoms with Gasteiger partial charge in [-0.2, -0.15) is 0 Å². The first-order chi connectivity index (χ1) is 11.4. The number of ether oxygens (including phenoxy) is 1. The SMILES string of the molecule is COc1cccc(-n2c(-c3ccccn3)nc3cccnc32)c1. The predicted octanol–water partition coefficient (Wildman–Crippen LogP) is 3.49. The molecule has 3 aromatic heterocycles. The molecule has 4 aromatic rings. The van der Waals surface area contributed by atoms with Crippen LogP contribution in [0, 0.1) is 0 Å². The summed E-state index contributed by atoms with van der Waals surface area (Å²) in [7, 11) is 1.66. The van der Waals surface area contributed by atoms with Crippen molar-refractivity contribution in [1.82, 2.24) is 19.5 Å². The number of benzene rings is 1. The van der Waals surface area contributed by atoms with E-state index in [0.717, 1.165) is 34.1 Å². The van der Waals surface area contributed by atoms with Crippen LogP contribution in [0.1, 0.15) is 0 Å². The van der Waals surface area contributed by atoms with Crippen LogP contribution in [0.15, 0.2) is 67.0 Å². The van der Waals surface area contributed by atoms with Gasteiger partial charge >= 0.3 is 0 Å². The summed E-state index contributed by atoms with van der Waals surface area (Å²) in [5, 5.41) is 0. The largest absolute Gasteiger partial charge is 0.497 e. The van der Waals surface area contributed by atoms with Crippen LogP contribution >= 0.6 is 0 Å². The molecular weight excluding hydrogens is 288 g/mol. The maximum atomic E-state index is 5.34. The van der Waals surface area contributed by atoms with Crippen molar-refractivity contribution >= 4 is 11.2 Å². The standard InChI is InChI=1S/C18H14N4O/c1-23-14-7-4-6-13(12-14)22-17-16(9-5-11-20-17)21-18(22)15-8-2-3-10-19-15/h2-12H,1H3. The molecule has 0 N–H and O–H groups in total. The lowest BCUT2D eigenvalue weighted by molar-refractivity contribution is 0.414. The first-order valence-electron chi connectivity index (χ1n) is 7.26. The lowest BCUT2D eigenvalue weighted by Gasteiger charge is -2.09. The Labute approximate surface area is 133 Å². The first-order valence-corrected chi connectivity index (χ1v) is 7.26. The first kappa shape index (κ1) is 13.5. The molecule has 0 atom stereocenters. The molecule has 23 heavy (non-hydrogen) atoms. The van der Waals surface area contributed by atoms with Crippen LogP contribution in [0.5, 0.6) is 5.75 Å². The highest BCUT2D eigenvalue weighted by Gasteiger charge is 2.16. The summed E-state index contributed by atoms with van der Waals surface area (Å²) in [5.74, 6) is 1.54. The second-order valence-corrected chi connectivity index (χ2v) is 5.03. The van der Waals surface area contributed by atoms with Crippen molar-refractivity contribution in [2.24, 2.45) is 0 Å². The maximum Gasteiger partial charge on any atom is 0.165 e. The Morgan fingerprint density at radius 3 is 2.65 bits per heavy atom. The van der Waals surface area contributed by atoms with E-state index in [0.29, 0.717) is 0 Å². The number of methoxy groups -OCH3 is 1. The van der Waals surface area contributed by atoms with Gasteiger partial charge in [0.1, 0.15) is 17.0 Å². The fraction of sp³-hybridized carbons (Fsp3) is 0.0556. The number of hydrogen-bond acceptors (Lipinski definition) is 4. The molecular formula is C18H14N4O. The molecule has 0 aliphatic carbocycles. The van der Waals surface area contributed by atoms with Crippen molar-refractivity contribution < 1.29 is 4.74 Å². The fourth-order valence-corrected chi connectivity index (χ4v) is 2.57. The lowest BCUT2D eigenvalue weighted by Crippen LogP contribution is -2.00. The molecule has 0 bridgehead atoms. The van der Waals surface area contributed by atoms with Crippen molar-refractivity contribution in [3.05, 3.63) is 67.0 Å². The zero-order valence-corrected chi connectivity index (χ0v) is 12.5. The Hall–Kier alpha value is -3.21. The lowest BCUT2D eigenvalue weighted by atomic mass is 10.2. The highest BCUT2D eigenvalue weighted by atomic mass is 16.5. The quantitative estimate of drug-likeness (QED) is 0.581. The van der Waals surface area contributed by atoms with Gasteiger partial charge in [-0.25, -0.2) is 9.97 Å². The van der Waals surface area contributed by atoms with Crippen molar-refractivity contribution in [2.75, 3.05) is 7.11 Å². The van der Waals surface area contributed by atoms with Gasteiger partial charge in [0.15, 0.2) is 11.5 Å². The summed E-state index contributed by atoms with van der Waals surface area (Å²) in [6.07, 6.45) is 3.53. The van der Waals surface area contributed by atoms with E-state index in [1.54, 1.807) is 19.5 Å². The summed E-state index contributed by atoms with van der Waals surface area (Å²) in [6, 6.07) is 17.4. The van der Waals surface area contributed by atoms with Crippen molar-refractivity contribution in [3.8, 4) is 23.0 Å².